The van der Waals surface area contributed by atoms with Crippen LogP contribution in [0, 0.1) is 5.41 Å². The van der Waals surface area contributed by atoms with Crippen molar-refractivity contribution in [2.45, 2.75) is 140 Å². The third-order valence-electron chi connectivity index (χ3n) is 5.47. The van der Waals surface area contributed by atoms with E-state index in [1.807, 2.05) is 41.5 Å². The Labute approximate surface area is 272 Å². The summed E-state index contributed by atoms with van der Waals surface area (Å²) >= 11 is 0. The van der Waals surface area contributed by atoms with Crippen molar-refractivity contribution in [1.82, 2.24) is 5.32 Å². The minimum absolute atomic E-state index is 0.00652. The maximum Gasteiger partial charge on any atom is 0.305 e. The maximum absolute atomic E-state index is 12.4. The van der Waals surface area contributed by atoms with Gasteiger partial charge in [0.15, 0.2) is 0 Å². The van der Waals surface area contributed by atoms with Gasteiger partial charge >= 0.3 is 5.97 Å². The number of hydrogen-bond donors (Lipinski definition) is 1. The van der Waals surface area contributed by atoms with Gasteiger partial charge in [-0.3, -0.25) is 14.4 Å². The Hall–Kier alpha value is -2.73. The zero-order valence-corrected chi connectivity index (χ0v) is 30.4. The third kappa shape index (κ3) is 35.5. The molecule has 0 fully saturated rings. The zero-order valence-electron chi connectivity index (χ0n) is 30.4. The van der Waals surface area contributed by atoms with Crippen molar-refractivity contribution in [2.24, 2.45) is 5.41 Å². The number of ether oxygens (including phenoxy) is 2. The molecule has 1 N–H and O–H groups in total. The summed E-state index contributed by atoms with van der Waals surface area (Å²) in [7, 11) is 1.45. The van der Waals surface area contributed by atoms with Gasteiger partial charge in [-0.1, -0.05) is 129 Å². The predicted molar refractivity (Wildman–Crippen MR) is 191 cm³/mol. The lowest BCUT2D eigenvalue weighted by molar-refractivity contribution is -0.155. The molecule has 0 aliphatic rings. The Morgan fingerprint density at radius 2 is 1.16 bits per heavy atom. The standard InChI is InChI=1S/C31H49NO5.C3H8.2C2H6/c1-6-7-8-9-10-11-12-13-14-15-16-17-18-19-20-21-22-23-28(34)37-26-31(3,4)29(36-5)30(35)32-25-24-27(2)33;1-3-2;2*1-2/h7-8,10-11,13-14,16-17,19-20,29H,6,9,12,15,18,21-26H2,1-5H3,(H,32,35);3H2,1-2H3;2*1-2H3/b8-7-,11-10-,14-13-,17-16-,20-19-;;;/t29-;;;/m0.../s1. The van der Waals surface area contributed by atoms with Crippen LogP contribution in [0.5, 0.6) is 0 Å². The molecule has 0 saturated heterocycles. The molecule has 256 valence electrons. The fraction of sp³-hybridized carbons (Fsp3) is 0.658. The van der Waals surface area contributed by atoms with Gasteiger partial charge in [0.1, 0.15) is 11.9 Å². The van der Waals surface area contributed by atoms with E-state index < -0.39 is 11.5 Å². The van der Waals surface area contributed by atoms with Gasteiger partial charge in [0.2, 0.25) is 5.91 Å². The number of ketones is 1. The number of carbonyl (C=O) groups is 3. The molecule has 0 heterocycles. The van der Waals surface area contributed by atoms with E-state index in [2.05, 4.69) is 86.8 Å². The summed E-state index contributed by atoms with van der Waals surface area (Å²) in [6.45, 7) is 19.8. The van der Waals surface area contributed by atoms with Crippen molar-refractivity contribution in [3.8, 4) is 0 Å². The molecule has 0 bridgehead atoms. The lowest BCUT2D eigenvalue weighted by atomic mass is 9.86. The van der Waals surface area contributed by atoms with E-state index in [1.165, 1.54) is 20.5 Å². The quantitative estimate of drug-likeness (QED) is 0.0785. The first-order valence-corrected chi connectivity index (χ1v) is 16.9. The summed E-state index contributed by atoms with van der Waals surface area (Å²) < 4.78 is 10.8. The highest BCUT2D eigenvalue weighted by molar-refractivity contribution is 5.82. The predicted octanol–water partition coefficient (Wildman–Crippen LogP) is 10.1. The molecular formula is C38H69NO5. The number of allylic oxidation sites excluding steroid dienone is 10. The van der Waals surface area contributed by atoms with Crippen LogP contribution < -0.4 is 5.32 Å². The second-order valence-electron chi connectivity index (χ2n) is 10.3. The molecule has 0 aromatic rings. The maximum atomic E-state index is 12.4. The van der Waals surface area contributed by atoms with Crippen molar-refractivity contribution in [2.75, 3.05) is 20.3 Å². The van der Waals surface area contributed by atoms with Gasteiger partial charge < -0.3 is 14.8 Å². The highest BCUT2D eigenvalue weighted by Gasteiger charge is 2.36. The van der Waals surface area contributed by atoms with E-state index in [0.717, 1.165) is 38.5 Å². The second kappa shape index (κ2) is 38.3. The first kappa shape index (κ1) is 48.2. The molecule has 44 heavy (non-hydrogen) atoms. The molecule has 0 aromatic carbocycles. The highest BCUT2D eigenvalue weighted by Crippen LogP contribution is 2.24. The van der Waals surface area contributed by atoms with E-state index in [9.17, 15) is 14.4 Å². The number of rotatable bonds is 21. The van der Waals surface area contributed by atoms with Crippen LogP contribution in [-0.4, -0.2) is 44.0 Å². The van der Waals surface area contributed by atoms with E-state index in [1.54, 1.807) is 0 Å². The van der Waals surface area contributed by atoms with Crippen LogP contribution in [0.3, 0.4) is 0 Å². The Kier molecular flexibility index (Phi) is 41.9. The van der Waals surface area contributed by atoms with Gasteiger partial charge in [0.25, 0.3) is 0 Å². The number of hydrogen-bond acceptors (Lipinski definition) is 5. The molecule has 6 nitrogen and oxygen atoms in total. The number of nitrogens with one attached hydrogen (secondary N) is 1. The average molecular weight is 620 g/mol. The smallest absolute Gasteiger partial charge is 0.305 e. The minimum atomic E-state index is -0.784. The molecule has 0 radical (unpaired) electrons. The van der Waals surface area contributed by atoms with Crippen LogP contribution in [0.2, 0.25) is 0 Å². The van der Waals surface area contributed by atoms with Crippen LogP contribution in [-0.2, 0) is 23.9 Å². The molecular weight excluding hydrogens is 550 g/mol. The highest BCUT2D eigenvalue weighted by atomic mass is 16.5. The monoisotopic (exact) mass is 620 g/mol. The Bertz CT molecular complexity index is 806. The van der Waals surface area contributed by atoms with E-state index in [0.29, 0.717) is 12.8 Å². The van der Waals surface area contributed by atoms with Gasteiger partial charge in [-0.2, -0.15) is 0 Å². The van der Waals surface area contributed by atoms with Crippen molar-refractivity contribution in [3.63, 3.8) is 0 Å². The second-order valence-corrected chi connectivity index (χ2v) is 10.3. The van der Waals surface area contributed by atoms with Crippen LogP contribution in [0.1, 0.15) is 133 Å². The van der Waals surface area contributed by atoms with Crippen LogP contribution in [0.15, 0.2) is 60.8 Å². The molecule has 0 aliphatic carbocycles. The normalized spacial score (nSPS) is 12.0. The van der Waals surface area contributed by atoms with Gasteiger partial charge in [0.05, 0.1) is 6.61 Å². The van der Waals surface area contributed by atoms with Crippen LogP contribution >= 0.6 is 0 Å². The van der Waals surface area contributed by atoms with Crippen molar-refractivity contribution in [1.29, 1.82) is 0 Å². The van der Waals surface area contributed by atoms with Crippen molar-refractivity contribution in [3.05, 3.63) is 60.8 Å². The molecule has 0 aliphatic heterocycles. The third-order valence-corrected chi connectivity index (χ3v) is 5.47. The summed E-state index contributed by atoms with van der Waals surface area (Å²) in [6, 6.07) is 0. The summed E-state index contributed by atoms with van der Waals surface area (Å²) in [5.41, 5.74) is -0.700. The number of methoxy groups -OCH3 is 1. The molecule has 0 aromatic heterocycles. The van der Waals surface area contributed by atoms with E-state index in [-0.39, 0.29) is 37.2 Å². The van der Waals surface area contributed by atoms with E-state index >= 15 is 0 Å². The largest absolute Gasteiger partial charge is 0.465 e. The molecule has 0 saturated carbocycles. The lowest BCUT2D eigenvalue weighted by Gasteiger charge is -2.31. The summed E-state index contributed by atoms with van der Waals surface area (Å²) in [4.78, 5) is 35.6. The molecule has 6 heteroatoms. The first-order chi connectivity index (χ1) is 21.2. The fourth-order valence-corrected chi connectivity index (χ4v) is 3.38. The molecule has 0 rings (SSSR count). The van der Waals surface area contributed by atoms with E-state index in [4.69, 9.17) is 9.47 Å². The van der Waals surface area contributed by atoms with Crippen molar-refractivity contribution < 1.29 is 23.9 Å². The van der Waals surface area contributed by atoms with Gasteiger partial charge in [-0.25, -0.2) is 0 Å². The van der Waals surface area contributed by atoms with Gasteiger partial charge in [0, 0.05) is 31.9 Å². The summed E-state index contributed by atoms with van der Waals surface area (Å²) in [5, 5.41) is 2.70. The fourth-order valence-electron chi connectivity index (χ4n) is 3.38. The van der Waals surface area contributed by atoms with Crippen LogP contribution in [0.4, 0.5) is 0 Å². The zero-order chi connectivity index (χ0) is 34.5. The molecule has 0 unspecified atom stereocenters. The Balaban J connectivity index is -0.00000105. The Morgan fingerprint density at radius 1 is 0.727 bits per heavy atom. The number of Topliss-reactive ketones (excluding diaryl/α,β-unsaturated/α-hetero) is 1. The van der Waals surface area contributed by atoms with Gasteiger partial charge in [-0.15, -0.1) is 0 Å². The van der Waals surface area contributed by atoms with Gasteiger partial charge in [-0.05, 0) is 51.9 Å². The molecule has 1 atom stereocenters. The van der Waals surface area contributed by atoms with Crippen LogP contribution in [0.25, 0.3) is 0 Å². The number of esters is 1. The number of unbranched alkanes of at least 4 members (excludes halogenated alkanes) is 1. The number of carbonyl (C=O) groups excluding carboxylic acids is 3. The summed E-state index contributed by atoms with van der Waals surface area (Å²) in [6.07, 6.45) is 29.1. The molecule has 1 amide bonds. The number of amides is 1. The topological polar surface area (TPSA) is 81.7 Å². The lowest BCUT2D eigenvalue weighted by Crippen LogP contribution is -2.47. The van der Waals surface area contributed by atoms with Crippen molar-refractivity contribution >= 4 is 17.7 Å². The molecule has 0 spiro atoms. The average Bonchev–Trinajstić information content (AvgIpc) is 3.00. The first-order valence-electron chi connectivity index (χ1n) is 16.9. The summed E-state index contributed by atoms with van der Waals surface area (Å²) in [5.74, 6) is -0.595. The Morgan fingerprint density at radius 3 is 1.57 bits per heavy atom. The minimum Gasteiger partial charge on any atom is -0.465 e. The SMILES string of the molecule is CC.CC.CC/C=C\C/C=C\C/C=C\C/C=C\C/C=C\CCCC(=O)OCC(C)(C)[C@@H](OC)C(=O)NCCC(C)=O.CCC.